The molecule has 2 fully saturated rings. The van der Waals surface area contributed by atoms with Crippen LogP contribution in [0.5, 0.6) is 0 Å². The zero-order valence-electron chi connectivity index (χ0n) is 9.37. The Bertz CT molecular complexity index is 227. The Morgan fingerprint density at radius 2 is 2.33 bits per heavy atom. The van der Waals surface area contributed by atoms with Crippen molar-refractivity contribution in [2.24, 2.45) is 5.92 Å². The van der Waals surface area contributed by atoms with Crippen LogP contribution in [-0.4, -0.2) is 36.7 Å². The monoisotopic (exact) mass is 212 g/mol. The maximum absolute atomic E-state index is 12.1. The maximum Gasteiger partial charge on any atom is 0.249 e. The van der Waals surface area contributed by atoms with Crippen LogP contribution in [0.1, 0.15) is 32.6 Å². The van der Waals surface area contributed by atoms with Crippen molar-refractivity contribution in [3.63, 3.8) is 0 Å². The minimum atomic E-state index is 0.166. The normalized spacial score (nSPS) is 32.7. The number of carbonyl (C=O) groups is 1. The summed E-state index contributed by atoms with van der Waals surface area (Å²) >= 11 is 0. The molecule has 0 saturated carbocycles. The number of piperidine rings is 1. The topological polar surface area (TPSA) is 41.6 Å². The third-order valence-corrected chi connectivity index (χ3v) is 3.22. The fourth-order valence-corrected chi connectivity index (χ4v) is 2.33. The van der Waals surface area contributed by atoms with Crippen molar-refractivity contribution in [3.8, 4) is 0 Å². The molecule has 2 heterocycles. The van der Waals surface area contributed by atoms with Crippen LogP contribution in [-0.2, 0) is 9.63 Å². The van der Waals surface area contributed by atoms with Gasteiger partial charge in [-0.1, -0.05) is 0 Å². The molecule has 2 aliphatic heterocycles. The van der Waals surface area contributed by atoms with E-state index in [0.29, 0.717) is 12.6 Å². The second-order valence-electron chi connectivity index (χ2n) is 4.56. The Labute approximate surface area is 90.9 Å². The van der Waals surface area contributed by atoms with Crippen molar-refractivity contribution in [1.82, 2.24) is 10.4 Å². The molecule has 0 radical (unpaired) electrons. The standard InChI is InChI=1S/C11H20N2O2/c1-9-8-10(4-5-12-9)11(14)13-6-2-3-7-15-13/h9-10,12H,2-8H2,1H3. The molecule has 2 atom stereocenters. The minimum absolute atomic E-state index is 0.166. The first-order chi connectivity index (χ1) is 7.27. The molecule has 0 aromatic rings. The first-order valence-corrected chi connectivity index (χ1v) is 5.95. The zero-order chi connectivity index (χ0) is 10.7. The minimum Gasteiger partial charge on any atom is -0.314 e. The third-order valence-electron chi connectivity index (χ3n) is 3.22. The highest BCUT2D eigenvalue weighted by molar-refractivity contribution is 5.78. The summed E-state index contributed by atoms with van der Waals surface area (Å²) in [5.41, 5.74) is 0. The average Bonchev–Trinajstić information content (AvgIpc) is 2.29. The van der Waals surface area contributed by atoms with Crippen molar-refractivity contribution >= 4 is 5.91 Å². The van der Waals surface area contributed by atoms with E-state index in [0.717, 1.165) is 38.8 Å². The molecule has 1 N–H and O–H groups in total. The van der Waals surface area contributed by atoms with Crippen LogP contribution < -0.4 is 5.32 Å². The lowest BCUT2D eigenvalue weighted by Gasteiger charge is -2.33. The third kappa shape index (κ3) is 2.69. The Morgan fingerprint density at radius 1 is 1.47 bits per heavy atom. The number of amides is 1. The fourth-order valence-electron chi connectivity index (χ4n) is 2.33. The van der Waals surface area contributed by atoms with Crippen molar-refractivity contribution in [2.45, 2.75) is 38.6 Å². The molecule has 4 nitrogen and oxygen atoms in total. The summed E-state index contributed by atoms with van der Waals surface area (Å²) in [5, 5.41) is 4.95. The second kappa shape index (κ2) is 4.94. The molecule has 4 heteroatoms. The van der Waals surface area contributed by atoms with Gasteiger partial charge >= 0.3 is 0 Å². The van der Waals surface area contributed by atoms with Gasteiger partial charge in [-0.3, -0.25) is 9.63 Å². The number of hydroxylamine groups is 2. The number of rotatable bonds is 1. The van der Waals surface area contributed by atoms with E-state index >= 15 is 0 Å². The van der Waals surface area contributed by atoms with Gasteiger partial charge < -0.3 is 5.32 Å². The summed E-state index contributed by atoms with van der Waals surface area (Å²) in [4.78, 5) is 17.5. The lowest BCUT2D eigenvalue weighted by Crippen LogP contribution is -2.45. The van der Waals surface area contributed by atoms with Crippen molar-refractivity contribution in [2.75, 3.05) is 19.7 Å². The van der Waals surface area contributed by atoms with E-state index in [1.807, 2.05) is 0 Å². The molecule has 86 valence electrons. The molecule has 2 rings (SSSR count). The summed E-state index contributed by atoms with van der Waals surface area (Å²) in [6.45, 7) is 4.56. The van der Waals surface area contributed by atoms with Crippen LogP contribution in [0.25, 0.3) is 0 Å². The Hall–Kier alpha value is -0.610. The highest BCUT2D eigenvalue weighted by Gasteiger charge is 2.29. The van der Waals surface area contributed by atoms with Gasteiger partial charge in [0.2, 0.25) is 5.91 Å². The van der Waals surface area contributed by atoms with Gasteiger partial charge in [0.05, 0.1) is 6.61 Å². The molecular formula is C11H20N2O2. The van der Waals surface area contributed by atoms with Crippen LogP contribution in [0, 0.1) is 5.92 Å². The van der Waals surface area contributed by atoms with Gasteiger partial charge in [-0.25, -0.2) is 5.06 Å². The van der Waals surface area contributed by atoms with Gasteiger partial charge in [0.15, 0.2) is 0 Å². The second-order valence-corrected chi connectivity index (χ2v) is 4.56. The SMILES string of the molecule is CC1CC(C(=O)N2CCCCO2)CCN1. The molecule has 0 spiro atoms. The summed E-state index contributed by atoms with van der Waals surface area (Å²) < 4.78 is 0. The van der Waals surface area contributed by atoms with E-state index in [-0.39, 0.29) is 11.8 Å². The highest BCUT2D eigenvalue weighted by atomic mass is 16.7. The number of nitrogens with one attached hydrogen (secondary N) is 1. The van der Waals surface area contributed by atoms with Crippen LogP contribution in [0.15, 0.2) is 0 Å². The Morgan fingerprint density at radius 3 is 3.00 bits per heavy atom. The van der Waals surface area contributed by atoms with E-state index < -0.39 is 0 Å². The molecule has 2 aliphatic rings. The highest BCUT2D eigenvalue weighted by Crippen LogP contribution is 2.20. The van der Waals surface area contributed by atoms with Gasteiger partial charge in [-0.05, 0) is 39.2 Å². The van der Waals surface area contributed by atoms with Crippen LogP contribution in [0.2, 0.25) is 0 Å². The van der Waals surface area contributed by atoms with Crippen LogP contribution >= 0.6 is 0 Å². The quantitative estimate of drug-likeness (QED) is 0.703. The molecule has 15 heavy (non-hydrogen) atoms. The van der Waals surface area contributed by atoms with E-state index in [2.05, 4.69) is 12.2 Å². The average molecular weight is 212 g/mol. The van der Waals surface area contributed by atoms with Gasteiger partial charge in [-0.15, -0.1) is 0 Å². The lowest BCUT2D eigenvalue weighted by molar-refractivity contribution is -0.202. The summed E-state index contributed by atoms with van der Waals surface area (Å²) in [6, 6.07) is 0.456. The zero-order valence-corrected chi connectivity index (χ0v) is 9.37. The first kappa shape index (κ1) is 10.9. The molecular weight excluding hydrogens is 192 g/mol. The van der Waals surface area contributed by atoms with E-state index in [4.69, 9.17) is 4.84 Å². The predicted octanol–water partition coefficient (Wildman–Crippen LogP) is 0.928. The van der Waals surface area contributed by atoms with E-state index in [9.17, 15) is 4.79 Å². The van der Waals surface area contributed by atoms with Crippen molar-refractivity contribution in [1.29, 1.82) is 0 Å². The molecule has 2 unspecified atom stereocenters. The van der Waals surface area contributed by atoms with Crippen molar-refractivity contribution in [3.05, 3.63) is 0 Å². The summed E-state index contributed by atoms with van der Waals surface area (Å²) in [6.07, 6.45) is 4.04. The van der Waals surface area contributed by atoms with Gasteiger partial charge in [0, 0.05) is 18.5 Å². The largest absolute Gasteiger partial charge is 0.314 e. The number of carbonyl (C=O) groups excluding carboxylic acids is 1. The molecule has 2 saturated heterocycles. The maximum atomic E-state index is 12.1. The fraction of sp³-hybridized carbons (Fsp3) is 0.909. The van der Waals surface area contributed by atoms with E-state index in [1.54, 1.807) is 5.06 Å². The van der Waals surface area contributed by atoms with Gasteiger partial charge in [-0.2, -0.15) is 0 Å². The molecule has 0 aromatic heterocycles. The molecule has 1 amide bonds. The Kier molecular flexibility index (Phi) is 3.59. The van der Waals surface area contributed by atoms with Crippen molar-refractivity contribution < 1.29 is 9.63 Å². The molecule has 0 aromatic carbocycles. The molecule has 0 aliphatic carbocycles. The summed E-state index contributed by atoms with van der Waals surface area (Å²) in [5.74, 6) is 0.363. The predicted molar refractivity (Wildman–Crippen MR) is 57.1 cm³/mol. The Balaban J connectivity index is 1.88. The smallest absolute Gasteiger partial charge is 0.249 e. The van der Waals surface area contributed by atoms with Crippen LogP contribution in [0.4, 0.5) is 0 Å². The number of hydrogen-bond acceptors (Lipinski definition) is 3. The summed E-state index contributed by atoms with van der Waals surface area (Å²) in [7, 11) is 0. The number of hydrogen-bond donors (Lipinski definition) is 1. The van der Waals surface area contributed by atoms with Gasteiger partial charge in [0.25, 0.3) is 0 Å². The number of nitrogens with zero attached hydrogens (tertiary/aromatic N) is 1. The van der Waals surface area contributed by atoms with Gasteiger partial charge in [0.1, 0.15) is 0 Å². The first-order valence-electron chi connectivity index (χ1n) is 5.95. The van der Waals surface area contributed by atoms with E-state index in [1.165, 1.54) is 0 Å². The lowest BCUT2D eigenvalue weighted by atomic mass is 9.92. The molecule has 0 bridgehead atoms. The van der Waals surface area contributed by atoms with Crippen LogP contribution in [0.3, 0.4) is 0 Å².